The Hall–Kier alpha value is -1.36. The summed E-state index contributed by atoms with van der Waals surface area (Å²) >= 11 is 0. The fourth-order valence-corrected chi connectivity index (χ4v) is 2.65. The lowest BCUT2D eigenvalue weighted by molar-refractivity contribution is 0.349. The molecule has 5 nitrogen and oxygen atoms in total. The summed E-state index contributed by atoms with van der Waals surface area (Å²) in [5, 5.41) is 3.57. The van der Waals surface area contributed by atoms with Crippen LogP contribution in [0.15, 0.2) is 6.07 Å². The van der Waals surface area contributed by atoms with Gasteiger partial charge in [-0.15, -0.1) is 0 Å². The summed E-state index contributed by atoms with van der Waals surface area (Å²) in [6, 6.07) is 2.38. The predicted molar refractivity (Wildman–Crippen MR) is 83.6 cm³/mol. The summed E-state index contributed by atoms with van der Waals surface area (Å²) in [6.45, 7) is 8.63. The van der Waals surface area contributed by atoms with Crippen LogP contribution in [0.2, 0.25) is 0 Å². The monoisotopic (exact) mass is 277 g/mol. The molecule has 0 spiro atoms. The first-order valence-electron chi connectivity index (χ1n) is 7.53. The lowest BCUT2D eigenvalue weighted by atomic mass is 9.86. The van der Waals surface area contributed by atoms with Crippen molar-refractivity contribution in [3.63, 3.8) is 0 Å². The average Bonchev–Trinajstić information content (AvgIpc) is 2.40. The van der Waals surface area contributed by atoms with E-state index in [4.69, 9.17) is 5.84 Å². The van der Waals surface area contributed by atoms with Crippen LogP contribution in [0.4, 0.5) is 11.6 Å². The molecular weight excluding hydrogens is 250 g/mol. The third kappa shape index (κ3) is 3.60. The number of nitrogens with two attached hydrogens (primary N) is 1. The van der Waals surface area contributed by atoms with Gasteiger partial charge in [-0.2, -0.15) is 0 Å². The highest BCUT2D eigenvalue weighted by molar-refractivity contribution is 5.48. The van der Waals surface area contributed by atoms with Crippen molar-refractivity contribution in [3.8, 4) is 0 Å². The highest BCUT2D eigenvalue weighted by atomic mass is 15.3. The van der Waals surface area contributed by atoms with E-state index in [-0.39, 0.29) is 5.41 Å². The van der Waals surface area contributed by atoms with Crippen molar-refractivity contribution in [2.24, 2.45) is 11.8 Å². The zero-order chi connectivity index (χ0) is 14.8. The normalized spacial score (nSPS) is 23.4. The van der Waals surface area contributed by atoms with Crippen LogP contribution < -0.4 is 16.6 Å². The highest BCUT2D eigenvalue weighted by Gasteiger charge is 2.23. The van der Waals surface area contributed by atoms with Crippen LogP contribution in [0.1, 0.15) is 59.2 Å². The van der Waals surface area contributed by atoms with Crippen molar-refractivity contribution >= 4 is 11.6 Å². The van der Waals surface area contributed by atoms with Gasteiger partial charge in [-0.3, -0.25) is 0 Å². The molecule has 2 rings (SSSR count). The number of nitrogens with zero attached hydrogens (tertiary/aromatic N) is 2. The molecule has 0 aromatic carbocycles. The third-order valence-electron chi connectivity index (χ3n) is 3.99. The quantitative estimate of drug-likeness (QED) is 0.585. The van der Waals surface area contributed by atoms with Gasteiger partial charge in [0.1, 0.15) is 17.5 Å². The molecule has 20 heavy (non-hydrogen) atoms. The number of aromatic nitrogens is 2. The van der Waals surface area contributed by atoms with E-state index >= 15 is 0 Å². The maximum absolute atomic E-state index is 5.52. The summed E-state index contributed by atoms with van der Waals surface area (Å²) in [5.41, 5.74) is 2.54. The fourth-order valence-electron chi connectivity index (χ4n) is 2.65. The Morgan fingerprint density at radius 3 is 2.40 bits per heavy atom. The molecule has 1 heterocycles. The minimum absolute atomic E-state index is 0.0958. The lowest BCUT2D eigenvalue weighted by Crippen LogP contribution is -2.31. The number of hydrogen-bond acceptors (Lipinski definition) is 5. The number of nitrogens with one attached hydrogen (secondary N) is 2. The summed E-state index contributed by atoms with van der Waals surface area (Å²) < 4.78 is 0. The topological polar surface area (TPSA) is 75.9 Å². The maximum Gasteiger partial charge on any atom is 0.145 e. The molecule has 0 aliphatic heterocycles. The third-order valence-corrected chi connectivity index (χ3v) is 3.99. The van der Waals surface area contributed by atoms with E-state index in [9.17, 15) is 0 Å². The molecule has 5 heteroatoms. The van der Waals surface area contributed by atoms with E-state index in [1.165, 1.54) is 25.7 Å². The van der Waals surface area contributed by atoms with E-state index in [0.717, 1.165) is 11.6 Å². The molecule has 1 fully saturated rings. The van der Waals surface area contributed by atoms with Gasteiger partial charge in [0.25, 0.3) is 0 Å². The van der Waals surface area contributed by atoms with Crippen molar-refractivity contribution < 1.29 is 0 Å². The van der Waals surface area contributed by atoms with Crippen molar-refractivity contribution in [2.75, 3.05) is 10.7 Å². The molecular formula is C15H27N5. The largest absolute Gasteiger partial charge is 0.367 e. The van der Waals surface area contributed by atoms with Gasteiger partial charge in [-0.05, 0) is 18.8 Å². The van der Waals surface area contributed by atoms with Gasteiger partial charge in [-0.1, -0.05) is 40.5 Å². The van der Waals surface area contributed by atoms with E-state index in [0.29, 0.717) is 17.8 Å². The zero-order valence-electron chi connectivity index (χ0n) is 13.0. The number of nitrogen functional groups attached to an aromatic ring is 1. The maximum atomic E-state index is 5.52. The molecule has 1 aromatic heterocycles. The first-order valence-corrected chi connectivity index (χ1v) is 7.53. The Bertz CT molecular complexity index is 452. The lowest BCUT2D eigenvalue weighted by Gasteiger charge is -2.30. The van der Waals surface area contributed by atoms with Gasteiger partial charge < -0.3 is 10.7 Å². The molecule has 1 aliphatic rings. The molecule has 0 bridgehead atoms. The van der Waals surface area contributed by atoms with Crippen molar-refractivity contribution in [1.82, 2.24) is 9.97 Å². The molecule has 1 aromatic rings. The Morgan fingerprint density at radius 2 is 1.80 bits per heavy atom. The molecule has 1 saturated carbocycles. The van der Waals surface area contributed by atoms with Gasteiger partial charge in [-0.25, -0.2) is 15.8 Å². The van der Waals surface area contributed by atoms with Gasteiger partial charge in [0.2, 0.25) is 0 Å². The Balaban J connectivity index is 2.22. The van der Waals surface area contributed by atoms with E-state index in [1.54, 1.807) is 0 Å². The summed E-state index contributed by atoms with van der Waals surface area (Å²) in [4.78, 5) is 9.11. The van der Waals surface area contributed by atoms with Gasteiger partial charge in [0.05, 0.1) is 0 Å². The molecule has 2 atom stereocenters. The summed E-state index contributed by atoms with van der Waals surface area (Å²) in [5.74, 6) is 8.55. The van der Waals surface area contributed by atoms with Crippen LogP contribution in [0, 0.1) is 5.92 Å². The number of rotatable bonds is 3. The van der Waals surface area contributed by atoms with E-state index in [1.807, 2.05) is 6.07 Å². The smallest absolute Gasteiger partial charge is 0.145 e. The van der Waals surface area contributed by atoms with Crippen LogP contribution in [0.25, 0.3) is 0 Å². The SMILES string of the molecule is CC1CCCCC1Nc1cc(NN)nc(C(C)(C)C)n1. The molecule has 2 unspecified atom stereocenters. The summed E-state index contributed by atoms with van der Waals surface area (Å²) in [6.07, 6.45) is 5.13. The molecule has 0 saturated heterocycles. The van der Waals surface area contributed by atoms with Crippen LogP contribution in [-0.2, 0) is 5.41 Å². The first-order chi connectivity index (χ1) is 9.40. The molecule has 4 N–H and O–H groups in total. The zero-order valence-corrected chi connectivity index (χ0v) is 13.0. The second kappa shape index (κ2) is 5.95. The fraction of sp³-hybridized carbons (Fsp3) is 0.733. The standard InChI is InChI=1S/C15H27N5/c1-10-7-5-6-8-11(10)17-12-9-13(20-16)19-14(18-12)15(2,3)4/h9-11H,5-8,16H2,1-4H3,(H2,17,18,19,20). The first kappa shape index (κ1) is 15.0. The predicted octanol–water partition coefficient (Wildman–Crippen LogP) is 3.05. The highest BCUT2D eigenvalue weighted by Crippen LogP contribution is 2.28. The van der Waals surface area contributed by atoms with Crippen LogP contribution in [0.5, 0.6) is 0 Å². The number of hydrazine groups is 1. The second-order valence-electron chi connectivity index (χ2n) is 6.87. The van der Waals surface area contributed by atoms with Crippen LogP contribution >= 0.6 is 0 Å². The molecule has 0 radical (unpaired) electrons. The minimum atomic E-state index is -0.0958. The Labute approximate surface area is 121 Å². The Kier molecular flexibility index (Phi) is 4.48. The van der Waals surface area contributed by atoms with Gasteiger partial charge in [0, 0.05) is 17.5 Å². The Morgan fingerprint density at radius 1 is 1.15 bits per heavy atom. The van der Waals surface area contributed by atoms with Crippen LogP contribution in [0.3, 0.4) is 0 Å². The second-order valence-corrected chi connectivity index (χ2v) is 6.87. The number of hydrogen-bond donors (Lipinski definition) is 3. The molecule has 112 valence electrons. The molecule has 0 amide bonds. The molecule has 1 aliphatic carbocycles. The summed E-state index contributed by atoms with van der Waals surface area (Å²) in [7, 11) is 0. The van der Waals surface area contributed by atoms with Crippen LogP contribution in [-0.4, -0.2) is 16.0 Å². The van der Waals surface area contributed by atoms with E-state index < -0.39 is 0 Å². The van der Waals surface area contributed by atoms with Crippen molar-refractivity contribution in [3.05, 3.63) is 11.9 Å². The van der Waals surface area contributed by atoms with Gasteiger partial charge in [0.15, 0.2) is 0 Å². The number of anilines is 2. The van der Waals surface area contributed by atoms with E-state index in [2.05, 4.69) is 48.4 Å². The minimum Gasteiger partial charge on any atom is -0.367 e. The van der Waals surface area contributed by atoms with Crippen molar-refractivity contribution in [1.29, 1.82) is 0 Å². The van der Waals surface area contributed by atoms with Crippen molar-refractivity contribution in [2.45, 2.75) is 64.8 Å². The average molecular weight is 277 g/mol. The van der Waals surface area contributed by atoms with Gasteiger partial charge >= 0.3 is 0 Å².